The van der Waals surface area contributed by atoms with Gasteiger partial charge in [-0.2, -0.15) is 0 Å². The van der Waals surface area contributed by atoms with E-state index in [1.807, 2.05) is 20.8 Å². The maximum atomic E-state index is 12.5. The van der Waals surface area contributed by atoms with E-state index in [0.29, 0.717) is 19.5 Å². The summed E-state index contributed by atoms with van der Waals surface area (Å²) in [6.07, 6.45) is 2.03. The summed E-state index contributed by atoms with van der Waals surface area (Å²) < 4.78 is 5.43. The van der Waals surface area contributed by atoms with Crippen molar-refractivity contribution in [3.05, 3.63) is 23.0 Å². The first-order valence-corrected chi connectivity index (χ1v) is 8.79. The minimum atomic E-state index is -0.511. The van der Waals surface area contributed by atoms with Gasteiger partial charge >= 0.3 is 6.09 Å². The Balaban J connectivity index is 1.96. The first-order chi connectivity index (χ1) is 11.7. The van der Waals surface area contributed by atoms with E-state index in [1.165, 1.54) is 0 Å². The van der Waals surface area contributed by atoms with Gasteiger partial charge in [0.1, 0.15) is 5.60 Å². The first kappa shape index (κ1) is 19.4. The number of hydrogen-bond donors (Lipinski definition) is 0. The Bertz CT molecular complexity index is 615. The third kappa shape index (κ3) is 5.56. The summed E-state index contributed by atoms with van der Waals surface area (Å²) in [5.74, 6) is -0.195. The highest BCUT2D eigenvalue weighted by Crippen LogP contribution is 2.19. The van der Waals surface area contributed by atoms with E-state index in [4.69, 9.17) is 16.3 Å². The molecular weight excluding hydrogens is 344 g/mol. The number of aromatic nitrogens is 2. The summed E-state index contributed by atoms with van der Waals surface area (Å²) in [7, 11) is 1.76. The number of halogens is 1. The van der Waals surface area contributed by atoms with E-state index in [2.05, 4.69) is 10.2 Å². The quantitative estimate of drug-likeness (QED) is 0.802. The minimum absolute atomic E-state index is 0.0393. The second kappa shape index (κ2) is 7.99. The number of hydrogen-bond acceptors (Lipinski definition) is 5. The molecule has 1 aromatic heterocycles. The lowest BCUT2D eigenvalue weighted by Crippen LogP contribution is -2.40. The van der Waals surface area contributed by atoms with Crippen molar-refractivity contribution in [1.29, 1.82) is 0 Å². The molecule has 1 saturated heterocycles. The van der Waals surface area contributed by atoms with Crippen molar-refractivity contribution in [2.75, 3.05) is 20.1 Å². The molecule has 1 fully saturated rings. The molecule has 2 heterocycles. The highest BCUT2D eigenvalue weighted by atomic mass is 35.5. The molecule has 1 unspecified atom stereocenters. The number of carbonyl (C=O) groups is 2. The van der Waals surface area contributed by atoms with Crippen LogP contribution in [0.15, 0.2) is 12.1 Å². The molecule has 2 rings (SSSR count). The van der Waals surface area contributed by atoms with Gasteiger partial charge in [-0.25, -0.2) is 4.79 Å². The summed E-state index contributed by atoms with van der Waals surface area (Å²) in [4.78, 5) is 28.2. The fourth-order valence-corrected chi connectivity index (χ4v) is 2.85. The first-order valence-electron chi connectivity index (χ1n) is 8.41. The van der Waals surface area contributed by atoms with Gasteiger partial charge in [-0.3, -0.25) is 4.79 Å². The van der Waals surface area contributed by atoms with Crippen molar-refractivity contribution < 1.29 is 14.3 Å². The molecule has 0 aromatic carbocycles. The van der Waals surface area contributed by atoms with Crippen LogP contribution in [0.5, 0.6) is 0 Å². The van der Waals surface area contributed by atoms with Crippen LogP contribution in [-0.2, 0) is 4.74 Å². The summed E-state index contributed by atoms with van der Waals surface area (Å²) in [5.41, 5.74) is -0.247. The summed E-state index contributed by atoms with van der Waals surface area (Å²) in [6.45, 7) is 6.75. The third-order valence-corrected chi connectivity index (χ3v) is 4.27. The lowest BCUT2D eigenvalue weighted by atomic mass is 10.1. The normalized spacial score (nSPS) is 18.4. The van der Waals surface area contributed by atoms with Crippen LogP contribution >= 0.6 is 11.6 Å². The predicted molar refractivity (Wildman–Crippen MR) is 94.6 cm³/mol. The standard InChI is InChI=1S/C17H25ClN4O3/c1-17(2,3)25-16(24)22-10-5-6-12(9-11-22)21(4)15(23)13-7-8-14(18)20-19-13/h7-8,12H,5-6,9-11H2,1-4H3. The Kier molecular flexibility index (Phi) is 6.21. The molecule has 138 valence electrons. The average molecular weight is 369 g/mol. The van der Waals surface area contributed by atoms with E-state index in [9.17, 15) is 9.59 Å². The Morgan fingerprint density at radius 1 is 1.24 bits per heavy atom. The summed E-state index contributed by atoms with van der Waals surface area (Å²) in [5, 5.41) is 7.81. The largest absolute Gasteiger partial charge is 0.444 e. The average Bonchev–Trinajstić information content (AvgIpc) is 2.78. The zero-order chi connectivity index (χ0) is 18.6. The number of amides is 2. The molecule has 1 aromatic rings. The molecule has 0 aliphatic carbocycles. The Morgan fingerprint density at radius 2 is 1.96 bits per heavy atom. The number of carbonyl (C=O) groups excluding carboxylic acids is 2. The highest BCUT2D eigenvalue weighted by Gasteiger charge is 2.28. The van der Waals surface area contributed by atoms with Crippen molar-refractivity contribution >= 4 is 23.6 Å². The van der Waals surface area contributed by atoms with E-state index < -0.39 is 5.60 Å². The van der Waals surface area contributed by atoms with E-state index >= 15 is 0 Å². The molecule has 0 N–H and O–H groups in total. The number of ether oxygens (including phenoxy) is 1. The van der Waals surface area contributed by atoms with Crippen LogP contribution in [0.4, 0.5) is 4.79 Å². The molecule has 7 nitrogen and oxygen atoms in total. The number of rotatable bonds is 2. The lowest BCUT2D eigenvalue weighted by molar-refractivity contribution is 0.0254. The smallest absolute Gasteiger partial charge is 0.410 e. The van der Waals surface area contributed by atoms with Crippen LogP contribution in [0.25, 0.3) is 0 Å². The maximum absolute atomic E-state index is 12.5. The lowest BCUT2D eigenvalue weighted by Gasteiger charge is -2.28. The van der Waals surface area contributed by atoms with Crippen molar-refractivity contribution in [1.82, 2.24) is 20.0 Å². The van der Waals surface area contributed by atoms with Crippen LogP contribution in [0, 0.1) is 0 Å². The fourth-order valence-electron chi connectivity index (χ4n) is 2.75. The molecule has 0 spiro atoms. The fraction of sp³-hybridized carbons (Fsp3) is 0.647. The molecule has 0 saturated carbocycles. The van der Waals surface area contributed by atoms with Crippen molar-refractivity contribution in [3.8, 4) is 0 Å². The molecule has 0 radical (unpaired) electrons. The molecule has 25 heavy (non-hydrogen) atoms. The highest BCUT2D eigenvalue weighted by molar-refractivity contribution is 6.29. The topological polar surface area (TPSA) is 75.6 Å². The van der Waals surface area contributed by atoms with Crippen LogP contribution in [0.1, 0.15) is 50.5 Å². The van der Waals surface area contributed by atoms with Crippen molar-refractivity contribution in [3.63, 3.8) is 0 Å². The Morgan fingerprint density at radius 3 is 2.56 bits per heavy atom. The van der Waals surface area contributed by atoms with E-state index in [-0.39, 0.29) is 28.9 Å². The zero-order valence-corrected chi connectivity index (χ0v) is 15.9. The van der Waals surface area contributed by atoms with Gasteiger partial charge in [0.15, 0.2) is 10.8 Å². The van der Waals surface area contributed by atoms with Gasteiger partial charge in [0, 0.05) is 26.2 Å². The Labute approximate surface area is 153 Å². The Hall–Kier alpha value is -1.89. The zero-order valence-electron chi connectivity index (χ0n) is 15.2. The summed E-state index contributed by atoms with van der Waals surface area (Å²) >= 11 is 5.71. The van der Waals surface area contributed by atoms with E-state index in [1.54, 1.807) is 29.0 Å². The molecule has 0 bridgehead atoms. The predicted octanol–water partition coefficient (Wildman–Crippen LogP) is 2.99. The minimum Gasteiger partial charge on any atom is -0.444 e. The number of likely N-dealkylation sites (tertiary alicyclic amines) is 1. The van der Waals surface area contributed by atoms with Crippen LogP contribution in [0.3, 0.4) is 0 Å². The van der Waals surface area contributed by atoms with Crippen molar-refractivity contribution in [2.24, 2.45) is 0 Å². The van der Waals surface area contributed by atoms with Gasteiger partial charge in [-0.05, 0) is 52.2 Å². The molecule has 2 amide bonds. The molecule has 8 heteroatoms. The third-order valence-electron chi connectivity index (χ3n) is 4.07. The van der Waals surface area contributed by atoms with Gasteiger partial charge < -0.3 is 14.5 Å². The SMILES string of the molecule is CN(C(=O)c1ccc(Cl)nn1)C1CCCN(C(=O)OC(C)(C)C)CC1. The van der Waals surface area contributed by atoms with E-state index in [0.717, 1.165) is 12.8 Å². The molecule has 1 atom stereocenters. The second-order valence-electron chi connectivity index (χ2n) is 7.21. The second-order valence-corrected chi connectivity index (χ2v) is 7.60. The molecule has 1 aliphatic rings. The van der Waals surface area contributed by atoms with Gasteiger partial charge in [-0.15, -0.1) is 10.2 Å². The monoisotopic (exact) mass is 368 g/mol. The summed E-state index contributed by atoms with van der Waals surface area (Å²) in [6, 6.07) is 3.16. The van der Waals surface area contributed by atoms with Gasteiger partial charge in [0.2, 0.25) is 0 Å². The molecular formula is C17H25ClN4O3. The van der Waals surface area contributed by atoms with Crippen LogP contribution < -0.4 is 0 Å². The number of nitrogens with zero attached hydrogens (tertiary/aromatic N) is 4. The van der Waals surface area contributed by atoms with Crippen molar-refractivity contribution in [2.45, 2.75) is 51.7 Å². The molecule has 1 aliphatic heterocycles. The maximum Gasteiger partial charge on any atom is 0.410 e. The van der Waals surface area contributed by atoms with Gasteiger partial charge in [-0.1, -0.05) is 11.6 Å². The van der Waals surface area contributed by atoms with Crippen LogP contribution in [0.2, 0.25) is 5.15 Å². The van der Waals surface area contributed by atoms with Gasteiger partial charge in [0.05, 0.1) is 0 Å². The van der Waals surface area contributed by atoms with Gasteiger partial charge in [0.25, 0.3) is 5.91 Å². The van der Waals surface area contributed by atoms with Crippen LogP contribution in [-0.4, -0.2) is 63.8 Å².